The summed E-state index contributed by atoms with van der Waals surface area (Å²) in [5.41, 5.74) is -3.40. The van der Waals surface area contributed by atoms with E-state index in [4.69, 9.17) is 0 Å². The highest BCUT2D eigenvalue weighted by atomic mass is 32.2. The van der Waals surface area contributed by atoms with Gasteiger partial charge in [0.2, 0.25) is 15.7 Å². The largest absolute Gasteiger partial charge is 0.633 e. The monoisotopic (exact) mass is 338 g/mol. The van der Waals surface area contributed by atoms with Crippen molar-refractivity contribution in [2.75, 3.05) is 32.9 Å². The Hall–Kier alpha value is -0.450. The maximum absolute atomic E-state index is 13.2. The van der Waals surface area contributed by atoms with Crippen molar-refractivity contribution in [2.24, 2.45) is 0 Å². The van der Waals surface area contributed by atoms with Crippen molar-refractivity contribution in [3.63, 3.8) is 0 Å². The molecule has 0 aromatic rings. The van der Waals surface area contributed by atoms with E-state index in [9.17, 15) is 31.2 Å². The Kier molecular flexibility index (Phi) is 7.05. The van der Waals surface area contributed by atoms with Crippen LogP contribution in [0.25, 0.3) is 0 Å². The Morgan fingerprint density at radius 2 is 1.67 bits per heavy atom. The summed E-state index contributed by atoms with van der Waals surface area (Å²) < 4.78 is 74.6. The predicted molar refractivity (Wildman–Crippen MR) is 71.6 cm³/mol. The van der Waals surface area contributed by atoms with Gasteiger partial charge in [-0.1, -0.05) is 0 Å². The van der Waals surface area contributed by atoms with E-state index in [1.165, 1.54) is 14.1 Å². The van der Waals surface area contributed by atoms with Gasteiger partial charge in [-0.25, -0.2) is 17.5 Å². The molecule has 0 aromatic carbocycles. The second-order valence-corrected chi connectivity index (χ2v) is 7.59. The van der Waals surface area contributed by atoms with Crippen LogP contribution in [0, 0.1) is 5.21 Å². The molecule has 1 unspecified atom stereocenters. The van der Waals surface area contributed by atoms with Gasteiger partial charge in [-0.05, 0) is 19.8 Å². The Labute approximate surface area is 122 Å². The fraction of sp³-hybridized carbons (Fsp3) is 1.00. The minimum absolute atomic E-state index is 0.0262. The minimum atomic E-state index is -5.01. The second-order valence-electron chi connectivity index (χ2n) is 5.66. The number of quaternary nitrogens is 1. The molecule has 1 N–H and O–H groups in total. The Morgan fingerprint density at radius 1 is 1.14 bits per heavy atom. The molecular formula is C11H22F4N2O3S. The van der Waals surface area contributed by atoms with E-state index in [1.54, 1.807) is 0 Å². The quantitative estimate of drug-likeness (QED) is 0.302. The van der Waals surface area contributed by atoms with Crippen LogP contribution in [-0.4, -0.2) is 57.8 Å². The SMILES string of the molecule is CC(F)(CCCS(=O)(=O)NCCC[N+](C)(C)[O-])C(F)(F)F. The zero-order valence-electron chi connectivity index (χ0n) is 12.3. The maximum atomic E-state index is 13.2. The molecule has 0 aliphatic carbocycles. The lowest BCUT2D eigenvalue weighted by molar-refractivity contribution is -0.840. The van der Waals surface area contributed by atoms with Crippen LogP contribution < -0.4 is 4.72 Å². The number of hydroxylamine groups is 3. The molecule has 0 rings (SSSR count). The molecule has 0 aliphatic rings. The van der Waals surface area contributed by atoms with Gasteiger partial charge in [0, 0.05) is 13.0 Å². The first-order chi connectivity index (χ1) is 9.16. The van der Waals surface area contributed by atoms with E-state index < -0.39 is 45.1 Å². The minimum Gasteiger partial charge on any atom is -0.633 e. The van der Waals surface area contributed by atoms with Gasteiger partial charge in [0.05, 0.1) is 26.4 Å². The molecule has 10 heteroatoms. The zero-order valence-corrected chi connectivity index (χ0v) is 13.2. The van der Waals surface area contributed by atoms with Crippen molar-refractivity contribution in [1.29, 1.82) is 0 Å². The topological polar surface area (TPSA) is 69.2 Å². The molecule has 0 heterocycles. The molecule has 0 radical (unpaired) electrons. The third-order valence-electron chi connectivity index (χ3n) is 2.85. The average molecular weight is 338 g/mol. The van der Waals surface area contributed by atoms with Crippen LogP contribution >= 0.6 is 0 Å². The molecule has 0 fully saturated rings. The summed E-state index contributed by atoms with van der Waals surface area (Å²) in [6, 6.07) is 0. The van der Waals surface area contributed by atoms with Crippen molar-refractivity contribution in [1.82, 2.24) is 4.72 Å². The lowest BCUT2D eigenvalue weighted by Crippen LogP contribution is -2.39. The number of halogens is 4. The fourth-order valence-corrected chi connectivity index (χ4v) is 2.62. The van der Waals surface area contributed by atoms with Crippen LogP contribution in [0.1, 0.15) is 26.2 Å². The van der Waals surface area contributed by atoms with Gasteiger partial charge in [0.25, 0.3) is 0 Å². The Balaban J connectivity index is 4.10. The van der Waals surface area contributed by atoms with Crippen LogP contribution in [0.3, 0.4) is 0 Å². The number of alkyl halides is 4. The van der Waals surface area contributed by atoms with Gasteiger partial charge < -0.3 is 9.85 Å². The van der Waals surface area contributed by atoms with Crippen LogP contribution in [0.15, 0.2) is 0 Å². The molecule has 1 atom stereocenters. The third kappa shape index (κ3) is 9.22. The number of sulfonamides is 1. The molecule has 0 bridgehead atoms. The first-order valence-electron chi connectivity index (χ1n) is 6.43. The van der Waals surface area contributed by atoms with Gasteiger partial charge in [-0.2, -0.15) is 13.2 Å². The van der Waals surface area contributed by atoms with Crippen molar-refractivity contribution < 1.29 is 30.6 Å². The highest BCUT2D eigenvalue weighted by Crippen LogP contribution is 2.37. The number of nitrogens with one attached hydrogen (secondary N) is 1. The summed E-state index contributed by atoms with van der Waals surface area (Å²) in [4.78, 5) is 0. The summed E-state index contributed by atoms with van der Waals surface area (Å²) >= 11 is 0. The van der Waals surface area contributed by atoms with Crippen LogP contribution in [0.5, 0.6) is 0 Å². The molecule has 5 nitrogen and oxygen atoms in total. The summed E-state index contributed by atoms with van der Waals surface area (Å²) in [5.74, 6) is -0.585. The smallest absolute Gasteiger partial charge is 0.422 e. The molecule has 0 aliphatic heterocycles. The molecule has 0 saturated heterocycles. The Morgan fingerprint density at radius 3 is 2.10 bits per heavy atom. The number of hydrogen-bond acceptors (Lipinski definition) is 3. The van der Waals surface area contributed by atoms with Gasteiger partial charge in [-0.15, -0.1) is 0 Å². The molecule has 0 aromatic heterocycles. The third-order valence-corrected chi connectivity index (χ3v) is 4.32. The average Bonchev–Trinajstić information content (AvgIpc) is 2.21. The fourth-order valence-electron chi connectivity index (χ4n) is 1.50. The van der Waals surface area contributed by atoms with Crippen molar-refractivity contribution in [3.05, 3.63) is 5.21 Å². The molecule has 21 heavy (non-hydrogen) atoms. The highest BCUT2D eigenvalue weighted by molar-refractivity contribution is 7.89. The normalized spacial score (nSPS) is 16.8. The van der Waals surface area contributed by atoms with E-state index in [0.29, 0.717) is 13.3 Å². The van der Waals surface area contributed by atoms with Gasteiger partial charge in [0.15, 0.2) is 0 Å². The molecule has 0 amide bonds. The first-order valence-corrected chi connectivity index (χ1v) is 8.08. The van der Waals surface area contributed by atoms with E-state index in [0.717, 1.165) is 0 Å². The Bertz CT molecular complexity index is 416. The lowest BCUT2D eigenvalue weighted by Gasteiger charge is -2.33. The summed E-state index contributed by atoms with van der Waals surface area (Å²) in [6.45, 7) is 0.624. The van der Waals surface area contributed by atoms with Crippen LogP contribution in [0.4, 0.5) is 17.6 Å². The van der Waals surface area contributed by atoms with E-state index in [-0.39, 0.29) is 13.1 Å². The highest BCUT2D eigenvalue weighted by Gasteiger charge is 2.51. The summed E-state index contributed by atoms with van der Waals surface area (Å²) in [6.07, 6.45) is -6.06. The van der Waals surface area contributed by atoms with E-state index in [2.05, 4.69) is 4.72 Å². The van der Waals surface area contributed by atoms with Crippen LogP contribution in [-0.2, 0) is 10.0 Å². The van der Waals surface area contributed by atoms with Gasteiger partial charge in [0.1, 0.15) is 0 Å². The van der Waals surface area contributed by atoms with Crippen LogP contribution in [0.2, 0.25) is 0 Å². The predicted octanol–water partition coefficient (Wildman–Crippen LogP) is 1.94. The van der Waals surface area contributed by atoms with Crippen molar-refractivity contribution in [2.45, 2.75) is 38.0 Å². The van der Waals surface area contributed by atoms with E-state index >= 15 is 0 Å². The van der Waals surface area contributed by atoms with Gasteiger partial charge in [-0.3, -0.25) is 0 Å². The lowest BCUT2D eigenvalue weighted by atomic mass is 10.0. The van der Waals surface area contributed by atoms with Crippen molar-refractivity contribution >= 4 is 10.0 Å². The second kappa shape index (κ2) is 7.21. The number of hydrogen-bond donors (Lipinski definition) is 1. The summed E-state index contributed by atoms with van der Waals surface area (Å²) in [5, 5.41) is 11.2. The first kappa shape index (κ1) is 20.6. The maximum Gasteiger partial charge on any atom is 0.422 e. The molecule has 128 valence electrons. The molecular weight excluding hydrogens is 316 g/mol. The zero-order chi connectivity index (χ0) is 16.9. The molecule has 0 saturated carbocycles. The molecule has 0 spiro atoms. The number of nitrogens with zero attached hydrogens (tertiary/aromatic N) is 1. The number of rotatable bonds is 9. The standard InChI is InChI=1S/C11H22F4N2O3S/c1-10(12,11(13,14)15)6-4-9-21(19,20)16-7-5-8-17(2,3)18/h16H,4-9H2,1-3H3. The van der Waals surface area contributed by atoms with Gasteiger partial charge >= 0.3 is 6.18 Å². The summed E-state index contributed by atoms with van der Waals surface area (Å²) in [7, 11) is -0.939. The van der Waals surface area contributed by atoms with Crippen molar-refractivity contribution in [3.8, 4) is 0 Å². The van der Waals surface area contributed by atoms with E-state index in [1.807, 2.05) is 0 Å².